The molecular weight excluding hydrogens is 316 g/mol. The lowest BCUT2D eigenvalue weighted by molar-refractivity contribution is 0.150. The van der Waals surface area contributed by atoms with Crippen LogP contribution in [0.5, 0.6) is 0 Å². The van der Waals surface area contributed by atoms with Gasteiger partial charge in [-0.15, -0.1) is 0 Å². The molecule has 2 nitrogen and oxygen atoms in total. The fraction of sp³-hybridized carbons (Fsp3) is 0.417. The van der Waals surface area contributed by atoms with Crippen molar-refractivity contribution in [3.63, 3.8) is 0 Å². The highest BCUT2D eigenvalue weighted by molar-refractivity contribution is 5.48. The van der Waals surface area contributed by atoms with E-state index in [2.05, 4.69) is 88.4 Å². The summed E-state index contributed by atoms with van der Waals surface area (Å²) >= 11 is 0. The lowest BCUT2D eigenvalue weighted by Crippen LogP contribution is -2.44. The Labute approximate surface area is 156 Å². The van der Waals surface area contributed by atoms with E-state index >= 15 is 0 Å². The van der Waals surface area contributed by atoms with Crippen LogP contribution in [0.4, 0.5) is 0 Å². The molecule has 2 aromatic carbocycles. The Morgan fingerprint density at radius 1 is 0.769 bits per heavy atom. The van der Waals surface area contributed by atoms with E-state index in [1.165, 1.54) is 22.3 Å². The van der Waals surface area contributed by atoms with Gasteiger partial charge in [0.2, 0.25) is 0 Å². The fourth-order valence-corrected chi connectivity index (χ4v) is 6.09. The first kappa shape index (κ1) is 16.0. The maximum atomic E-state index is 5.09. The molecule has 1 heterocycles. The molecule has 0 spiro atoms. The summed E-state index contributed by atoms with van der Waals surface area (Å²) in [6.45, 7) is 9.07. The van der Waals surface area contributed by atoms with Crippen LogP contribution in [0.1, 0.15) is 42.5 Å². The van der Waals surface area contributed by atoms with E-state index < -0.39 is 0 Å². The molecule has 26 heavy (non-hydrogen) atoms. The van der Waals surface area contributed by atoms with E-state index in [1.54, 1.807) is 0 Å². The summed E-state index contributed by atoms with van der Waals surface area (Å²) in [7, 11) is 0. The number of rotatable bonds is 2. The molecule has 4 atom stereocenters. The smallest absolute Gasteiger partial charge is 0.121 e. The lowest BCUT2D eigenvalue weighted by atomic mass is 9.61. The highest BCUT2D eigenvalue weighted by Crippen LogP contribution is 2.76. The second kappa shape index (κ2) is 4.94. The predicted octanol–water partition coefficient (Wildman–Crippen LogP) is 6.09. The Bertz CT molecular complexity index is 920. The lowest BCUT2D eigenvalue weighted by Gasteiger charge is -2.41. The number of allylic oxidation sites excluding steroid dienone is 1. The van der Waals surface area contributed by atoms with Crippen LogP contribution in [-0.2, 0) is 11.1 Å². The van der Waals surface area contributed by atoms with Crippen molar-refractivity contribution in [1.29, 1.82) is 0 Å². The normalized spacial score (nSPS) is 35.8. The molecule has 2 aromatic rings. The summed E-state index contributed by atoms with van der Waals surface area (Å²) in [5.74, 6) is 0.901. The third-order valence-electron chi connectivity index (χ3n) is 7.44. The van der Waals surface area contributed by atoms with Crippen LogP contribution in [0, 0.1) is 31.1 Å². The average Bonchev–Trinajstić information content (AvgIpc) is 3.24. The van der Waals surface area contributed by atoms with Gasteiger partial charge in [0.1, 0.15) is 11.1 Å². The fourth-order valence-electron chi connectivity index (χ4n) is 6.09. The number of benzene rings is 2. The number of aryl methyl sites for hydroxylation is 2. The minimum Gasteiger partial charge on any atom is -0.181 e. The van der Waals surface area contributed by atoms with Crippen molar-refractivity contribution in [2.45, 2.75) is 45.2 Å². The van der Waals surface area contributed by atoms with Gasteiger partial charge >= 0.3 is 0 Å². The van der Waals surface area contributed by atoms with Gasteiger partial charge in [0, 0.05) is 17.3 Å². The van der Waals surface area contributed by atoms with E-state index in [4.69, 9.17) is 10.2 Å². The van der Waals surface area contributed by atoms with Crippen molar-refractivity contribution in [2.24, 2.45) is 27.5 Å². The number of hydrogen-bond donors (Lipinski definition) is 0. The summed E-state index contributed by atoms with van der Waals surface area (Å²) in [5, 5.41) is 10.2. The second-order valence-corrected chi connectivity index (χ2v) is 8.89. The Hall–Kier alpha value is -2.22. The molecule has 132 valence electrons. The SMILES string of the molecule is Cc1ccc([C@@]23N=N[C@@](c4ccc(C)cc4)([C@H]4CC=C[C@H]42)C3(C)C)cc1. The van der Waals surface area contributed by atoms with Gasteiger partial charge in [-0.1, -0.05) is 85.7 Å². The summed E-state index contributed by atoms with van der Waals surface area (Å²) in [4.78, 5) is 0. The molecule has 0 N–H and O–H groups in total. The molecule has 0 amide bonds. The zero-order chi connectivity index (χ0) is 18.2. The van der Waals surface area contributed by atoms with Gasteiger partial charge < -0.3 is 0 Å². The van der Waals surface area contributed by atoms with Crippen molar-refractivity contribution in [3.8, 4) is 0 Å². The highest BCUT2D eigenvalue weighted by atomic mass is 15.3. The van der Waals surface area contributed by atoms with Gasteiger partial charge in [-0.25, -0.2) is 0 Å². The molecular formula is C24H26N2. The van der Waals surface area contributed by atoms with E-state index in [1.807, 2.05) is 0 Å². The van der Waals surface area contributed by atoms with Gasteiger partial charge in [-0.05, 0) is 31.4 Å². The van der Waals surface area contributed by atoms with Crippen LogP contribution in [0.2, 0.25) is 0 Å². The first-order chi connectivity index (χ1) is 12.4. The first-order valence-corrected chi connectivity index (χ1v) is 9.68. The van der Waals surface area contributed by atoms with Gasteiger partial charge in [-0.3, -0.25) is 0 Å². The van der Waals surface area contributed by atoms with Crippen LogP contribution < -0.4 is 0 Å². The van der Waals surface area contributed by atoms with Crippen molar-refractivity contribution in [2.75, 3.05) is 0 Å². The molecule has 2 aliphatic carbocycles. The molecule has 0 aromatic heterocycles. The summed E-state index contributed by atoms with van der Waals surface area (Å²) < 4.78 is 0. The number of hydrogen-bond acceptors (Lipinski definition) is 2. The molecule has 1 aliphatic heterocycles. The molecule has 0 radical (unpaired) electrons. The van der Waals surface area contributed by atoms with Crippen LogP contribution in [0.15, 0.2) is 70.9 Å². The topological polar surface area (TPSA) is 24.7 Å². The Morgan fingerprint density at radius 3 is 1.85 bits per heavy atom. The third kappa shape index (κ3) is 1.60. The van der Waals surface area contributed by atoms with Gasteiger partial charge in [0.25, 0.3) is 0 Å². The summed E-state index contributed by atoms with van der Waals surface area (Å²) in [5.41, 5.74) is 4.61. The van der Waals surface area contributed by atoms with Crippen LogP contribution in [0.3, 0.4) is 0 Å². The van der Waals surface area contributed by atoms with E-state index in [0.717, 1.165) is 6.42 Å². The zero-order valence-electron chi connectivity index (χ0n) is 16.0. The van der Waals surface area contributed by atoms with Crippen molar-refractivity contribution in [3.05, 3.63) is 82.9 Å². The van der Waals surface area contributed by atoms with Crippen molar-refractivity contribution in [1.82, 2.24) is 0 Å². The molecule has 3 aliphatic rings. The Balaban J connectivity index is 1.77. The minimum absolute atomic E-state index is 0.0788. The predicted molar refractivity (Wildman–Crippen MR) is 105 cm³/mol. The monoisotopic (exact) mass is 342 g/mol. The third-order valence-corrected chi connectivity index (χ3v) is 7.44. The molecule has 0 saturated heterocycles. The van der Waals surface area contributed by atoms with Crippen LogP contribution in [-0.4, -0.2) is 0 Å². The summed E-state index contributed by atoms with van der Waals surface area (Å²) in [6, 6.07) is 18.0. The van der Waals surface area contributed by atoms with Crippen LogP contribution >= 0.6 is 0 Å². The zero-order valence-corrected chi connectivity index (χ0v) is 16.0. The number of azo groups is 1. The van der Waals surface area contributed by atoms with Gasteiger partial charge in [-0.2, -0.15) is 10.2 Å². The maximum Gasteiger partial charge on any atom is 0.121 e. The van der Waals surface area contributed by atoms with Crippen LogP contribution in [0.25, 0.3) is 0 Å². The molecule has 1 fully saturated rings. The molecule has 2 heteroatoms. The maximum absolute atomic E-state index is 5.09. The van der Waals surface area contributed by atoms with E-state index in [0.29, 0.717) is 11.8 Å². The minimum atomic E-state index is -0.275. The summed E-state index contributed by atoms with van der Waals surface area (Å²) in [6.07, 6.45) is 5.86. The molecule has 5 rings (SSSR count). The quantitative estimate of drug-likeness (QED) is 0.590. The number of nitrogens with zero attached hydrogens (tertiary/aromatic N) is 2. The van der Waals surface area contributed by atoms with Gasteiger partial charge in [0.15, 0.2) is 0 Å². The first-order valence-electron chi connectivity index (χ1n) is 9.68. The molecule has 0 unspecified atom stereocenters. The average molecular weight is 342 g/mol. The van der Waals surface area contributed by atoms with E-state index in [9.17, 15) is 0 Å². The van der Waals surface area contributed by atoms with Crippen molar-refractivity contribution >= 4 is 0 Å². The molecule has 2 bridgehead atoms. The highest BCUT2D eigenvalue weighted by Gasteiger charge is 2.77. The largest absolute Gasteiger partial charge is 0.181 e. The van der Waals surface area contributed by atoms with Gasteiger partial charge in [0.05, 0.1) is 0 Å². The van der Waals surface area contributed by atoms with Crippen molar-refractivity contribution < 1.29 is 0 Å². The Kier molecular flexibility index (Phi) is 3.04. The van der Waals surface area contributed by atoms with E-state index in [-0.39, 0.29) is 16.5 Å². The second-order valence-electron chi connectivity index (χ2n) is 8.89. The standard InChI is InChI=1S/C24H26N2/c1-16-8-12-18(13-9-16)23-20-6-5-7-21(20)24(26-25-23,22(23,3)4)19-14-10-17(2)11-15-19/h5-6,8-15,20-21H,7H2,1-4H3/t20-,21+,23-,24+/m1/s1. The molecule has 1 saturated carbocycles. The number of fused-ring (bicyclic) bond motifs is 5. The Morgan fingerprint density at radius 2 is 1.27 bits per heavy atom.